The minimum absolute atomic E-state index is 0.0290. The third-order valence-corrected chi connectivity index (χ3v) is 3.63. The molecule has 2 aromatic heterocycles. The number of nitrogens with zero attached hydrogens (tertiary/aromatic N) is 2. The summed E-state index contributed by atoms with van der Waals surface area (Å²) in [4.78, 5) is 10.2. The summed E-state index contributed by atoms with van der Waals surface area (Å²) in [6.07, 6.45) is 1.92. The molecule has 0 radical (unpaired) electrons. The fraction of sp³-hybridized carbons (Fsp3) is 0.538. The van der Waals surface area contributed by atoms with Gasteiger partial charge in [-0.25, -0.2) is 9.97 Å². The summed E-state index contributed by atoms with van der Waals surface area (Å²) < 4.78 is 5.42. The Balaban J connectivity index is 2.42. The number of rotatable bonds is 6. The van der Waals surface area contributed by atoms with E-state index in [0.29, 0.717) is 0 Å². The molecule has 0 fully saturated rings. The van der Waals surface area contributed by atoms with Crippen LogP contribution in [0.25, 0.3) is 10.2 Å². The molecule has 2 aromatic rings. The molecule has 98 valence electrons. The maximum Gasteiger partial charge on any atom is 0.161 e. The molecule has 0 amide bonds. The normalized spacial score (nSPS) is 12.8. The average molecular weight is 265 g/mol. The molecule has 2 heterocycles. The Bertz CT molecular complexity index is 508. The van der Waals surface area contributed by atoms with E-state index in [2.05, 4.69) is 35.2 Å². The molecule has 2 rings (SSSR count). The lowest BCUT2D eigenvalue weighted by molar-refractivity contribution is 0.0930. The van der Waals surface area contributed by atoms with Crippen molar-refractivity contribution in [1.29, 1.82) is 0 Å². The fourth-order valence-electron chi connectivity index (χ4n) is 1.85. The molecule has 0 saturated heterocycles. The van der Waals surface area contributed by atoms with Crippen molar-refractivity contribution in [1.82, 2.24) is 9.97 Å². The van der Waals surface area contributed by atoms with Crippen molar-refractivity contribution in [3.8, 4) is 0 Å². The van der Waals surface area contributed by atoms with E-state index in [1.54, 1.807) is 18.4 Å². The summed E-state index contributed by atoms with van der Waals surface area (Å²) in [5, 5.41) is 6.52. The van der Waals surface area contributed by atoms with Crippen molar-refractivity contribution in [2.24, 2.45) is 0 Å². The van der Waals surface area contributed by atoms with Gasteiger partial charge in [-0.15, -0.1) is 11.3 Å². The van der Waals surface area contributed by atoms with Crippen LogP contribution in [0.1, 0.15) is 38.6 Å². The van der Waals surface area contributed by atoms with Crippen LogP contribution >= 0.6 is 11.3 Å². The fourth-order valence-corrected chi connectivity index (χ4v) is 2.62. The van der Waals surface area contributed by atoms with Gasteiger partial charge in [-0.2, -0.15) is 0 Å². The molecule has 0 aliphatic rings. The highest BCUT2D eigenvalue weighted by atomic mass is 32.1. The minimum atomic E-state index is -0.0290. The largest absolute Gasteiger partial charge is 0.373 e. The van der Waals surface area contributed by atoms with Crippen molar-refractivity contribution < 1.29 is 4.74 Å². The SMILES string of the molecule is CCCNc1nc(C(CC)OC)nc2sccc12. The molecule has 5 heteroatoms. The lowest BCUT2D eigenvalue weighted by Gasteiger charge is -2.13. The van der Waals surface area contributed by atoms with Crippen LogP contribution in [0.4, 0.5) is 5.82 Å². The van der Waals surface area contributed by atoms with E-state index in [0.717, 1.165) is 41.2 Å². The highest BCUT2D eigenvalue weighted by molar-refractivity contribution is 7.16. The van der Waals surface area contributed by atoms with Gasteiger partial charge in [-0.3, -0.25) is 0 Å². The van der Waals surface area contributed by atoms with Gasteiger partial charge in [0.1, 0.15) is 16.8 Å². The Labute approximate surface area is 111 Å². The quantitative estimate of drug-likeness (QED) is 0.866. The Morgan fingerprint density at radius 1 is 1.39 bits per heavy atom. The van der Waals surface area contributed by atoms with Gasteiger partial charge in [0.25, 0.3) is 0 Å². The Hall–Kier alpha value is -1.20. The lowest BCUT2D eigenvalue weighted by Crippen LogP contribution is -2.09. The molecule has 18 heavy (non-hydrogen) atoms. The third-order valence-electron chi connectivity index (χ3n) is 2.83. The van der Waals surface area contributed by atoms with E-state index < -0.39 is 0 Å². The second-order valence-electron chi connectivity index (χ2n) is 4.13. The molecule has 0 saturated carbocycles. The third kappa shape index (κ3) is 2.62. The van der Waals surface area contributed by atoms with Crippen molar-refractivity contribution in [2.75, 3.05) is 19.0 Å². The molecule has 1 N–H and O–H groups in total. The summed E-state index contributed by atoms with van der Waals surface area (Å²) in [6, 6.07) is 2.07. The van der Waals surface area contributed by atoms with Gasteiger partial charge in [0, 0.05) is 13.7 Å². The van der Waals surface area contributed by atoms with Crippen molar-refractivity contribution >= 4 is 27.4 Å². The number of hydrogen-bond acceptors (Lipinski definition) is 5. The Morgan fingerprint density at radius 3 is 2.89 bits per heavy atom. The van der Waals surface area contributed by atoms with Gasteiger partial charge < -0.3 is 10.1 Å². The summed E-state index contributed by atoms with van der Waals surface area (Å²) >= 11 is 1.64. The van der Waals surface area contributed by atoms with Crippen LogP contribution in [0, 0.1) is 0 Å². The first-order valence-electron chi connectivity index (χ1n) is 6.31. The van der Waals surface area contributed by atoms with Gasteiger partial charge >= 0.3 is 0 Å². The zero-order chi connectivity index (χ0) is 13.0. The smallest absolute Gasteiger partial charge is 0.161 e. The zero-order valence-corrected chi connectivity index (χ0v) is 11.9. The predicted octanol–water partition coefficient (Wildman–Crippen LogP) is 3.61. The van der Waals surface area contributed by atoms with E-state index in [1.165, 1.54) is 0 Å². The first-order chi connectivity index (χ1) is 8.80. The first kappa shape index (κ1) is 13.2. The summed E-state index contributed by atoms with van der Waals surface area (Å²) in [7, 11) is 1.70. The van der Waals surface area contributed by atoms with Crippen LogP contribution in [-0.4, -0.2) is 23.6 Å². The van der Waals surface area contributed by atoms with Crippen LogP contribution < -0.4 is 5.32 Å². The van der Waals surface area contributed by atoms with Crippen molar-refractivity contribution in [3.05, 3.63) is 17.3 Å². The van der Waals surface area contributed by atoms with Crippen LogP contribution in [0.3, 0.4) is 0 Å². The van der Waals surface area contributed by atoms with Crippen molar-refractivity contribution in [2.45, 2.75) is 32.8 Å². The van der Waals surface area contributed by atoms with Crippen LogP contribution in [-0.2, 0) is 4.74 Å². The Kier molecular flexibility index (Phi) is 4.49. The van der Waals surface area contributed by atoms with E-state index >= 15 is 0 Å². The highest BCUT2D eigenvalue weighted by Crippen LogP contribution is 2.28. The number of hydrogen-bond donors (Lipinski definition) is 1. The number of fused-ring (bicyclic) bond motifs is 1. The number of methoxy groups -OCH3 is 1. The molecular weight excluding hydrogens is 246 g/mol. The number of thiophene rings is 1. The Morgan fingerprint density at radius 2 is 2.22 bits per heavy atom. The summed E-state index contributed by atoms with van der Waals surface area (Å²) in [5.41, 5.74) is 0. The molecule has 1 unspecified atom stereocenters. The molecule has 4 nitrogen and oxygen atoms in total. The molecule has 0 aromatic carbocycles. The molecule has 0 aliphatic heterocycles. The van der Waals surface area contributed by atoms with Gasteiger partial charge in [0.15, 0.2) is 5.82 Å². The predicted molar refractivity (Wildman–Crippen MR) is 76.2 cm³/mol. The number of aromatic nitrogens is 2. The second-order valence-corrected chi connectivity index (χ2v) is 5.02. The molecule has 1 atom stereocenters. The second kappa shape index (κ2) is 6.11. The van der Waals surface area contributed by atoms with Crippen LogP contribution in [0.5, 0.6) is 0 Å². The molecular formula is C13H19N3OS. The number of nitrogens with one attached hydrogen (secondary N) is 1. The zero-order valence-electron chi connectivity index (χ0n) is 11.1. The average Bonchev–Trinajstić information content (AvgIpc) is 2.85. The van der Waals surface area contributed by atoms with E-state index in [1.807, 2.05) is 5.38 Å². The van der Waals surface area contributed by atoms with E-state index in [9.17, 15) is 0 Å². The van der Waals surface area contributed by atoms with Gasteiger partial charge in [-0.05, 0) is 24.3 Å². The van der Waals surface area contributed by atoms with Crippen molar-refractivity contribution in [3.63, 3.8) is 0 Å². The standard InChI is InChI=1S/C13H19N3OS/c1-4-7-14-11-9-6-8-18-13(9)16-12(15-11)10(5-2)17-3/h6,8,10H,4-5,7H2,1-3H3,(H,14,15,16). The van der Waals surface area contributed by atoms with E-state index in [4.69, 9.17) is 4.74 Å². The number of ether oxygens (including phenoxy) is 1. The summed E-state index contributed by atoms with van der Waals surface area (Å²) in [5.74, 6) is 1.70. The maximum absolute atomic E-state index is 5.42. The summed E-state index contributed by atoms with van der Waals surface area (Å²) in [6.45, 7) is 5.14. The number of anilines is 1. The lowest BCUT2D eigenvalue weighted by atomic mass is 10.2. The minimum Gasteiger partial charge on any atom is -0.373 e. The molecule has 0 bridgehead atoms. The highest BCUT2D eigenvalue weighted by Gasteiger charge is 2.15. The van der Waals surface area contributed by atoms with Crippen LogP contribution in [0.2, 0.25) is 0 Å². The van der Waals surface area contributed by atoms with Gasteiger partial charge in [0.05, 0.1) is 5.39 Å². The monoisotopic (exact) mass is 265 g/mol. The van der Waals surface area contributed by atoms with E-state index in [-0.39, 0.29) is 6.10 Å². The van der Waals surface area contributed by atoms with Gasteiger partial charge in [-0.1, -0.05) is 13.8 Å². The maximum atomic E-state index is 5.42. The molecule has 0 spiro atoms. The van der Waals surface area contributed by atoms with Gasteiger partial charge in [0.2, 0.25) is 0 Å². The topological polar surface area (TPSA) is 47.0 Å². The molecule has 0 aliphatic carbocycles. The van der Waals surface area contributed by atoms with Crippen LogP contribution in [0.15, 0.2) is 11.4 Å². The first-order valence-corrected chi connectivity index (χ1v) is 7.19.